The molecule has 4 rings (SSSR count). The van der Waals surface area contributed by atoms with Crippen molar-refractivity contribution in [2.24, 2.45) is 5.14 Å². The second-order valence-corrected chi connectivity index (χ2v) is 8.07. The minimum Gasteiger partial charge on any atom is -0.267 e. The van der Waals surface area contributed by atoms with Crippen molar-refractivity contribution in [2.75, 3.05) is 0 Å². The highest BCUT2D eigenvalue weighted by atomic mass is 35.5. The third-order valence-corrected chi connectivity index (χ3v) is 5.14. The van der Waals surface area contributed by atoms with Crippen LogP contribution in [0.1, 0.15) is 5.56 Å². The molecule has 1 aromatic heterocycles. The number of benzene rings is 3. The van der Waals surface area contributed by atoms with E-state index in [1.165, 1.54) is 4.68 Å². The lowest BCUT2D eigenvalue weighted by Gasteiger charge is -2.11. The van der Waals surface area contributed by atoms with Gasteiger partial charge in [0.25, 0.3) is 5.56 Å². The van der Waals surface area contributed by atoms with Crippen molar-refractivity contribution in [3.05, 3.63) is 94.8 Å². The zero-order valence-corrected chi connectivity index (χ0v) is 16.9. The Kier molecular flexibility index (Phi) is 5.83. The highest BCUT2D eigenvalue weighted by molar-refractivity contribution is 7.88. The molecular formula is C21H18ClN3O3S. The SMILES string of the molecule is Cl.NS(=O)(=O)Cc1ccc(-c2nn(-c3ccccc3)c(=O)c3ccccc23)cc1. The molecule has 0 spiro atoms. The Morgan fingerprint density at radius 1 is 0.828 bits per heavy atom. The summed E-state index contributed by atoms with van der Waals surface area (Å²) in [7, 11) is -3.60. The molecule has 0 unspecified atom stereocenters. The standard InChI is InChI=1S/C21H17N3O3S.ClH/c22-28(26,27)14-15-10-12-16(13-11-15)20-18-8-4-5-9-19(18)21(25)24(23-20)17-6-2-1-3-7-17;/h1-13H,14H2,(H2,22,26,27);1H. The molecular weight excluding hydrogens is 410 g/mol. The summed E-state index contributed by atoms with van der Waals surface area (Å²) in [5, 5.41) is 11.0. The summed E-state index contributed by atoms with van der Waals surface area (Å²) in [6.07, 6.45) is 0. The number of hydrogen-bond donors (Lipinski definition) is 1. The summed E-state index contributed by atoms with van der Waals surface area (Å²) in [5.74, 6) is -0.231. The van der Waals surface area contributed by atoms with E-state index in [0.717, 1.165) is 10.9 Å². The Bertz CT molecular complexity index is 1320. The van der Waals surface area contributed by atoms with E-state index in [-0.39, 0.29) is 23.7 Å². The normalized spacial score (nSPS) is 11.2. The van der Waals surface area contributed by atoms with Crippen molar-refractivity contribution in [1.29, 1.82) is 0 Å². The minimum absolute atomic E-state index is 0. The van der Waals surface area contributed by atoms with Gasteiger partial charge in [0.15, 0.2) is 0 Å². The van der Waals surface area contributed by atoms with Crippen LogP contribution in [0.4, 0.5) is 0 Å². The molecule has 0 saturated heterocycles. The van der Waals surface area contributed by atoms with Gasteiger partial charge < -0.3 is 0 Å². The highest BCUT2D eigenvalue weighted by Crippen LogP contribution is 2.26. The van der Waals surface area contributed by atoms with Crippen molar-refractivity contribution >= 4 is 33.2 Å². The molecule has 0 aliphatic rings. The third-order valence-electron chi connectivity index (χ3n) is 4.40. The Balaban J connectivity index is 0.00000240. The average Bonchev–Trinajstić information content (AvgIpc) is 2.69. The highest BCUT2D eigenvalue weighted by Gasteiger charge is 2.13. The number of fused-ring (bicyclic) bond motifs is 1. The molecule has 1 heterocycles. The third kappa shape index (κ3) is 4.37. The topological polar surface area (TPSA) is 95.1 Å². The first kappa shape index (κ1) is 20.7. The lowest BCUT2D eigenvalue weighted by Crippen LogP contribution is -2.22. The van der Waals surface area contributed by atoms with Crippen LogP contribution in [0.2, 0.25) is 0 Å². The second kappa shape index (κ2) is 8.16. The maximum absolute atomic E-state index is 12.9. The number of nitrogens with zero attached hydrogens (tertiary/aromatic N) is 2. The van der Waals surface area contributed by atoms with Gasteiger partial charge in [0.2, 0.25) is 10.0 Å². The van der Waals surface area contributed by atoms with Gasteiger partial charge in [0.05, 0.1) is 22.5 Å². The van der Waals surface area contributed by atoms with Crippen LogP contribution in [-0.2, 0) is 15.8 Å². The van der Waals surface area contributed by atoms with E-state index in [1.54, 1.807) is 30.3 Å². The van der Waals surface area contributed by atoms with Gasteiger partial charge in [0.1, 0.15) is 0 Å². The quantitative estimate of drug-likeness (QED) is 0.540. The lowest BCUT2D eigenvalue weighted by molar-refractivity contribution is 0.597. The molecule has 0 amide bonds. The van der Waals surface area contributed by atoms with Crippen molar-refractivity contribution in [2.45, 2.75) is 5.75 Å². The van der Waals surface area contributed by atoms with E-state index < -0.39 is 10.0 Å². The number of rotatable bonds is 4. The van der Waals surface area contributed by atoms with Crippen LogP contribution in [0.25, 0.3) is 27.7 Å². The van der Waals surface area contributed by atoms with E-state index >= 15 is 0 Å². The monoisotopic (exact) mass is 427 g/mol. The van der Waals surface area contributed by atoms with E-state index in [0.29, 0.717) is 22.3 Å². The number of halogens is 1. The first-order valence-corrected chi connectivity index (χ1v) is 10.3. The van der Waals surface area contributed by atoms with Gasteiger partial charge >= 0.3 is 0 Å². The van der Waals surface area contributed by atoms with Crippen molar-refractivity contribution < 1.29 is 8.42 Å². The van der Waals surface area contributed by atoms with Crippen LogP contribution in [0.5, 0.6) is 0 Å². The van der Waals surface area contributed by atoms with Crippen molar-refractivity contribution in [3.63, 3.8) is 0 Å². The lowest BCUT2D eigenvalue weighted by atomic mass is 10.0. The largest absolute Gasteiger partial charge is 0.279 e. The Morgan fingerprint density at radius 3 is 2.03 bits per heavy atom. The number of primary sulfonamides is 1. The Labute approximate surface area is 174 Å². The first-order chi connectivity index (χ1) is 13.4. The Morgan fingerprint density at radius 2 is 1.41 bits per heavy atom. The van der Waals surface area contributed by atoms with Crippen LogP contribution < -0.4 is 10.7 Å². The van der Waals surface area contributed by atoms with Crippen molar-refractivity contribution in [3.8, 4) is 16.9 Å². The summed E-state index contributed by atoms with van der Waals surface area (Å²) in [5.41, 5.74) is 2.48. The van der Waals surface area contributed by atoms with Crippen LogP contribution in [-0.4, -0.2) is 18.2 Å². The molecule has 8 heteroatoms. The second-order valence-electron chi connectivity index (χ2n) is 6.45. The van der Waals surface area contributed by atoms with Crippen LogP contribution in [0, 0.1) is 0 Å². The van der Waals surface area contributed by atoms with Gasteiger partial charge in [-0.1, -0.05) is 60.7 Å². The Hall–Kier alpha value is -3.00. The fraction of sp³-hybridized carbons (Fsp3) is 0.0476. The molecule has 29 heavy (non-hydrogen) atoms. The molecule has 3 aromatic carbocycles. The summed E-state index contributed by atoms with van der Waals surface area (Å²) in [6, 6.07) is 23.5. The molecule has 148 valence electrons. The fourth-order valence-electron chi connectivity index (χ4n) is 3.14. The van der Waals surface area contributed by atoms with Crippen LogP contribution in [0.15, 0.2) is 83.7 Å². The molecule has 2 N–H and O–H groups in total. The zero-order valence-electron chi connectivity index (χ0n) is 15.2. The van der Waals surface area contributed by atoms with Gasteiger partial charge in [0, 0.05) is 10.9 Å². The van der Waals surface area contributed by atoms with Gasteiger partial charge in [-0.25, -0.2) is 13.6 Å². The maximum Gasteiger partial charge on any atom is 0.279 e. The fourth-order valence-corrected chi connectivity index (χ4v) is 3.80. The molecule has 0 bridgehead atoms. The van der Waals surface area contributed by atoms with Gasteiger partial charge in [-0.05, 0) is 23.8 Å². The number of aromatic nitrogens is 2. The summed E-state index contributed by atoms with van der Waals surface area (Å²) < 4.78 is 24.0. The average molecular weight is 428 g/mol. The number of para-hydroxylation sites is 1. The van der Waals surface area contributed by atoms with Crippen molar-refractivity contribution in [1.82, 2.24) is 9.78 Å². The smallest absolute Gasteiger partial charge is 0.267 e. The molecule has 4 aromatic rings. The van der Waals surface area contributed by atoms with E-state index in [4.69, 9.17) is 5.14 Å². The maximum atomic E-state index is 12.9. The number of hydrogen-bond acceptors (Lipinski definition) is 4. The predicted octanol–water partition coefficient (Wildman–Crippen LogP) is 3.26. The molecule has 6 nitrogen and oxygen atoms in total. The van der Waals surface area contributed by atoms with Gasteiger partial charge in [-0.2, -0.15) is 9.78 Å². The minimum atomic E-state index is -3.60. The summed E-state index contributed by atoms with van der Waals surface area (Å²) >= 11 is 0. The summed E-state index contributed by atoms with van der Waals surface area (Å²) in [6.45, 7) is 0. The molecule has 0 aliphatic heterocycles. The van der Waals surface area contributed by atoms with Gasteiger partial charge in [-0.15, -0.1) is 12.4 Å². The first-order valence-electron chi connectivity index (χ1n) is 8.60. The van der Waals surface area contributed by atoms with Crippen LogP contribution >= 0.6 is 12.4 Å². The number of nitrogens with two attached hydrogens (primary N) is 1. The molecule has 0 saturated carbocycles. The zero-order chi connectivity index (χ0) is 19.7. The summed E-state index contributed by atoms with van der Waals surface area (Å²) in [4.78, 5) is 12.9. The number of sulfonamides is 1. The molecule has 0 atom stereocenters. The molecule has 0 fully saturated rings. The van der Waals surface area contributed by atoms with E-state index in [1.807, 2.05) is 48.5 Å². The van der Waals surface area contributed by atoms with Crippen LogP contribution in [0.3, 0.4) is 0 Å². The van der Waals surface area contributed by atoms with Gasteiger partial charge in [-0.3, -0.25) is 4.79 Å². The van der Waals surface area contributed by atoms with E-state index in [2.05, 4.69) is 5.10 Å². The predicted molar refractivity (Wildman–Crippen MR) is 117 cm³/mol. The van der Waals surface area contributed by atoms with E-state index in [9.17, 15) is 13.2 Å². The molecule has 0 radical (unpaired) electrons. The molecule has 0 aliphatic carbocycles.